The summed E-state index contributed by atoms with van der Waals surface area (Å²) >= 11 is 0. The summed E-state index contributed by atoms with van der Waals surface area (Å²) in [4.78, 5) is 8.04. The molecule has 1 unspecified atom stereocenters. The third-order valence-corrected chi connectivity index (χ3v) is 2.53. The number of hydrogen-bond donors (Lipinski definition) is 1. The van der Waals surface area contributed by atoms with Gasteiger partial charge in [-0.2, -0.15) is 0 Å². The predicted octanol–water partition coefficient (Wildman–Crippen LogP) is 1.96. The summed E-state index contributed by atoms with van der Waals surface area (Å²) in [6, 6.07) is 10.9. The highest BCUT2D eigenvalue weighted by atomic mass is 16.5. The van der Waals surface area contributed by atoms with Gasteiger partial charge in [0.1, 0.15) is 12.4 Å². The molecule has 0 amide bonds. The lowest BCUT2D eigenvalue weighted by Gasteiger charge is -2.10. The van der Waals surface area contributed by atoms with Crippen LogP contribution in [-0.2, 0) is 0 Å². The van der Waals surface area contributed by atoms with Crippen LogP contribution in [-0.4, -0.2) is 21.7 Å². The number of rotatable bonds is 4. The number of benzene rings is 1. The molecule has 1 aromatic carbocycles. The van der Waals surface area contributed by atoms with Gasteiger partial charge in [-0.1, -0.05) is 36.3 Å². The molecule has 1 aromatic heterocycles. The minimum absolute atomic E-state index is 0.272. The number of aromatic nitrogens is 2. The maximum absolute atomic E-state index is 10.2. The van der Waals surface area contributed by atoms with Crippen molar-refractivity contribution < 1.29 is 9.84 Å². The topological polar surface area (TPSA) is 55.2 Å². The Morgan fingerprint density at radius 2 is 2.05 bits per heavy atom. The molecule has 0 fully saturated rings. The van der Waals surface area contributed by atoms with Gasteiger partial charge in [0.25, 0.3) is 0 Å². The lowest BCUT2D eigenvalue weighted by atomic mass is 10.1. The van der Waals surface area contributed by atoms with Crippen molar-refractivity contribution in [2.45, 2.75) is 13.0 Å². The van der Waals surface area contributed by atoms with Crippen LogP contribution in [0.5, 0.6) is 5.88 Å². The molecule has 1 atom stereocenters. The van der Waals surface area contributed by atoms with Gasteiger partial charge in [-0.15, -0.1) is 5.92 Å². The predicted molar refractivity (Wildman–Crippen MR) is 71.5 cm³/mol. The zero-order valence-electron chi connectivity index (χ0n) is 10.6. The van der Waals surface area contributed by atoms with Crippen LogP contribution in [0.2, 0.25) is 0 Å². The number of nitrogens with zero attached hydrogens (tertiary/aromatic N) is 2. The molecular formula is C15H14N2O2. The Bertz CT molecular complexity index is 588. The van der Waals surface area contributed by atoms with Crippen molar-refractivity contribution in [1.29, 1.82) is 0 Å². The monoisotopic (exact) mass is 254 g/mol. The molecule has 0 aliphatic carbocycles. The Labute approximate surface area is 112 Å². The lowest BCUT2D eigenvalue weighted by molar-refractivity contribution is 0.214. The molecule has 1 N–H and O–H groups in total. The summed E-state index contributed by atoms with van der Waals surface area (Å²) in [7, 11) is 0. The molecule has 0 spiro atoms. The Morgan fingerprint density at radius 3 is 2.79 bits per heavy atom. The van der Waals surface area contributed by atoms with Gasteiger partial charge in [-0.25, -0.2) is 9.97 Å². The van der Waals surface area contributed by atoms with Crippen LogP contribution in [0.15, 0.2) is 42.7 Å². The van der Waals surface area contributed by atoms with Gasteiger partial charge in [0.15, 0.2) is 6.61 Å². The molecule has 0 radical (unpaired) electrons. The van der Waals surface area contributed by atoms with Crippen LogP contribution in [0.25, 0.3) is 0 Å². The number of ether oxygens (including phenoxy) is 1. The zero-order chi connectivity index (χ0) is 13.5. The third kappa shape index (κ3) is 3.54. The normalized spacial score (nSPS) is 11.3. The maximum atomic E-state index is 10.2. The number of aliphatic hydroxyl groups is 1. The lowest BCUT2D eigenvalue weighted by Crippen LogP contribution is -2.04. The highest BCUT2D eigenvalue weighted by molar-refractivity contribution is 5.27. The second-order valence-electron chi connectivity index (χ2n) is 3.81. The molecule has 2 aromatic rings. The molecular weight excluding hydrogens is 240 g/mol. The molecule has 0 saturated carbocycles. The molecule has 0 aliphatic rings. The van der Waals surface area contributed by atoms with E-state index in [1.807, 2.05) is 30.3 Å². The molecule has 1 heterocycles. The van der Waals surface area contributed by atoms with Gasteiger partial charge in [0.05, 0.1) is 5.69 Å². The van der Waals surface area contributed by atoms with E-state index < -0.39 is 6.10 Å². The van der Waals surface area contributed by atoms with Gasteiger partial charge in [-0.05, 0) is 12.5 Å². The van der Waals surface area contributed by atoms with Crippen LogP contribution in [0, 0.1) is 11.8 Å². The minimum Gasteiger partial charge on any atom is -0.464 e. The Balaban J connectivity index is 2.15. The molecule has 19 heavy (non-hydrogen) atoms. The first-order chi connectivity index (χ1) is 9.31. The van der Waals surface area contributed by atoms with E-state index in [1.165, 1.54) is 6.33 Å². The smallest absolute Gasteiger partial charge is 0.217 e. The summed E-state index contributed by atoms with van der Waals surface area (Å²) in [6.45, 7) is 2.02. The average Bonchev–Trinajstić information content (AvgIpc) is 2.48. The number of aliphatic hydroxyl groups excluding tert-OH is 1. The Hall–Kier alpha value is -2.38. The highest BCUT2D eigenvalue weighted by Gasteiger charge is 2.12. The van der Waals surface area contributed by atoms with E-state index in [0.29, 0.717) is 11.6 Å². The van der Waals surface area contributed by atoms with Crippen LogP contribution < -0.4 is 4.74 Å². The summed E-state index contributed by atoms with van der Waals surface area (Å²) in [5, 5.41) is 10.2. The SMILES string of the molecule is CC#CCOc1cc(C(O)c2ccccc2)ncn1. The van der Waals surface area contributed by atoms with Gasteiger partial charge >= 0.3 is 0 Å². The number of hydrogen-bond acceptors (Lipinski definition) is 4. The largest absolute Gasteiger partial charge is 0.464 e. The van der Waals surface area contributed by atoms with E-state index in [0.717, 1.165) is 5.56 Å². The zero-order valence-corrected chi connectivity index (χ0v) is 10.6. The summed E-state index contributed by atoms with van der Waals surface area (Å²) in [5.41, 5.74) is 1.28. The summed E-state index contributed by atoms with van der Waals surface area (Å²) < 4.78 is 5.34. The fraction of sp³-hybridized carbons (Fsp3) is 0.200. The highest BCUT2D eigenvalue weighted by Crippen LogP contribution is 2.21. The fourth-order valence-electron chi connectivity index (χ4n) is 1.57. The first-order valence-electron chi connectivity index (χ1n) is 5.88. The molecule has 4 heteroatoms. The Morgan fingerprint density at radius 1 is 1.26 bits per heavy atom. The van der Waals surface area contributed by atoms with Crippen LogP contribution in [0.3, 0.4) is 0 Å². The maximum Gasteiger partial charge on any atom is 0.217 e. The van der Waals surface area contributed by atoms with Gasteiger partial charge < -0.3 is 9.84 Å². The molecule has 4 nitrogen and oxygen atoms in total. The van der Waals surface area contributed by atoms with Crippen molar-refractivity contribution in [2.75, 3.05) is 6.61 Å². The van der Waals surface area contributed by atoms with E-state index in [4.69, 9.17) is 4.74 Å². The molecule has 2 rings (SSSR count). The van der Waals surface area contributed by atoms with E-state index >= 15 is 0 Å². The second kappa shape index (κ2) is 6.53. The van der Waals surface area contributed by atoms with Crippen LogP contribution >= 0.6 is 0 Å². The summed E-state index contributed by atoms with van der Waals surface area (Å²) in [6.07, 6.45) is 0.583. The van der Waals surface area contributed by atoms with E-state index in [2.05, 4.69) is 21.8 Å². The van der Waals surface area contributed by atoms with Crippen LogP contribution in [0.1, 0.15) is 24.3 Å². The standard InChI is InChI=1S/C15H14N2O2/c1-2-3-9-19-14-10-13(16-11-17-14)15(18)12-7-5-4-6-8-12/h4-8,10-11,15,18H,9H2,1H3. The molecule has 0 saturated heterocycles. The first kappa shape index (κ1) is 13.1. The van der Waals surface area contributed by atoms with Crippen molar-refractivity contribution in [3.05, 3.63) is 54.0 Å². The molecule has 0 bridgehead atoms. The van der Waals surface area contributed by atoms with Crippen molar-refractivity contribution in [1.82, 2.24) is 9.97 Å². The van der Waals surface area contributed by atoms with Crippen molar-refractivity contribution >= 4 is 0 Å². The van der Waals surface area contributed by atoms with Crippen molar-refractivity contribution in [2.24, 2.45) is 0 Å². The quantitative estimate of drug-likeness (QED) is 0.847. The van der Waals surface area contributed by atoms with Crippen molar-refractivity contribution in [3.8, 4) is 17.7 Å². The van der Waals surface area contributed by atoms with Gasteiger partial charge in [0.2, 0.25) is 5.88 Å². The van der Waals surface area contributed by atoms with Crippen LogP contribution in [0.4, 0.5) is 0 Å². The van der Waals surface area contributed by atoms with Gasteiger partial charge in [-0.3, -0.25) is 0 Å². The van der Waals surface area contributed by atoms with E-state index in [-0.39, 0.29) is 6.61 Å². The minimum atomic E-state index is -0.788. The Kier molecular flexibility index (Phi) is 4.49. The first-order valence-corrected chi connectivity index (χ1v) is 5.88. The van der Waals surface area contributed by atoms with Crippen molar-refractivity contribution in [3.63, 3.8) is 0 Å². The fourth-order valence-corrected chi connectivity index (χ4v) is 1.57. The summed E-state index contributed by atoms with van der Waals surface area (Å²) in [5.74, 6) is 5.92. The molecule has 0 aliphatic heterocycles. The third-order valence-electron chi connectivity index (χ3n) is 2.53. The second-order valence-corrected chi connectivity index (χ2v) is 3.81. The average molecular weight is 254 g/mol. The van der Waals surface area contributed by atoms with E-state index in [9.17, 15) is 5.11 Å². The molecule has 96 valence electrons. The van der Waals surface area contributed by atoms with E-state index in [1.54, 1.807) is 13.0 Å². The van der Waals surface area contributed by atoms with Gasteiger partial charge in [0, 0.05) is 6.07 Å².